The molecule has 1 aliphatic heterocycles. The van der Waals surface area contributed by atoms with Crippen molar-refractivity contribution in [3.05, 3.63) is 64.2 Å². The minimum Gasteiger partial charge on any atom is -0.347 e. The molecule has 1 saturated heterocycles. The highest BCUT2D eigenvalue weighted by molar-refractivity contribution is 6.33. The van der Waals surface area contributed by atoms with Gasteiger partial charge in [0, 0.05) is 18.7 Å². The normalized spacial score (nSPS) is 17.2. The smallest absolute Gasteiger partial charge is 0.253 e. The molecule has 0 radical (unpaired) electrons. The molecule has 5 heteroatoms. The van der Waals surface area contributed by atoms with Crippen LogP contribution in [0.25, 0.3) is 0 Å². The van der Waals surface area contributed by atoms with Gasteiger partial charge in [-0.1, -0.05) is 29.8 Å². The molecule has 1 N–H and O–H groups in total. The molecule has 0 bridgehead atoms. The quantitative estimate of drug-likeness (QED) is 0.928. The maximum Gasteiger partial charge on any atom is 0.253 e. The van der Waals surface area contributed by atoms with Gasteiger partial charge in [0.25, 0.3) is 5.91 Å². The highest BCUT2D eigenvalue weighted by atomic mass is 35.5. The van der Waals surface area contributed by atoms with Crippen LogP contribution >= 0.6 is 11.6 Å². The van der Waals surface area contributed by atoms with Crippen LogP contribution in [0.3, 0.4) is 0 Å². The Kier molecular flexibility index (Phi) is 4.58. The van der Waals surface area contributed by atoms with Crippen molar-refractivity contribution < 1.29 is 9.59 Å². The highest BCUT2D eigenvalue weighted by Gasteiger charge is 2.32. The second-order valence-corrected chi connectivity index (χ2v) is 6.53. The van der Waals surface area contributed by atoms with E-state index in [0.29, 0.717) is 23.6 Å². The van der Waals surface area contributed by atoms with Gasteiger partial charge in [0.1, 0.15) is 0 Å². The highest BCUT2D eigenvalue weighted by Crippen LogP contribution is 2.24. The van der Waals surface area contributed by atoms with Crippen molar-refractivity contribution in [1.82, 2.24) is 5.32 Å². The average molecular weight is 343 g/mol. The molecule has 2 aromatic rings. The van der Waals surface area contributed by atoms with E-state index in [2.05, 4.69) is 5.32 Å². The summed E-state index contributed by atoms with van der Waals surface area (Å²) in [6.07, 6.45) is 0.295. The second-order valence-electron chi connectivity index (χ2n) is 6.13. The van der Waals surface area contributed by atoms with Crippen LogP contribution in [0.4, 0.5) is 5.69 Å². The topological polar surface area (TPSA) is 49.4 Å². The molecule has 0 aliphatic carbocycles. The van der Waals surface area contributed by atoms with Gasteiger partial charge in [-0.2, -0.15) is 0 Å². The lowest BCUT2D eigenvalue weighted by Gasteiger charge is -2.18. The first kappa shape index (κ1) is 16.5. The lowest BCUT2D eigenvalue weighted by Crippen LogP contribution is -2.37. The Morgan fingerprint density at radius 3 is 2.62 bits per heavy atom. The van der Waals surface area contributed by atoms with Crippen molar-refractivity contribution in [2.45, 2.75) is 26.3 Å². The number of hydrogen-bond acceptors (Lipinski definition) is 2. The molecule has 1 heterocycles. The molecular weight excluding hydrogens is 324 g/mol. The van der Waals surface area contributed by atoms with Gasteiger partial charge in [-0.25, -0.2) is 0 Å². The van der Waals surface area contributed by atoms with Crippen LogP contribution in [0, 0.1) is 13.8 Å². The van der Waals surface area contributed by atoms with Gasteiger partial charge in [-0.3, -0.25) is 9.59 Å². The Morgan fingerprint density at radius 2 is 1.92 bits per heavy atom. The first-order valence-corrected chi connectivity index (χ1v) is 8.26. The largest absolute Gasteiger partial charge is 0.347 e. The number of rotatable bonds is 3. The zero-order valence-electron chi connectivity index (χ0n) is 13.7. The van der Waals surface area contributed by atoms with E-state index in [0.717, 1.165) is 11.3 Å². The molecule has 1 aliphatic rings. The Bertz CT molecular complexity index is 804. The van der Waals surface area contributed by atoms with Crippen molar-refractivity contribution in [3.63, 3.8) is 0 Å². The SMILES string of the molecule is Cc1ccc(N2C[C@H](NC(=O)c3ccccc3Cl)CC2=O)cc1C. The predicted molar refractivity (Wildman–Crippen MR) is 95.6 cm³/mol. The van der Waals surface area contributed by atoms with Crippen molar-refractivity contribution in [1.29, 1.82) is 0 Å². The van der Waals surface area contributed by atoms with Crippen LogP contribution < -0.4 is 10.2 Å². The molecule has 3 rings (SSSR count). The molecule has 0 spiro atoms. The van der Waals surface area contributed by atoms with E-state index in [1.807, 2.05) is 32.0 Å². The van der Waals surface area contributed by atoms with Crippen molar-refractivity contribution >= 4 is 29.1 Å². The predicted octanol–water partition coefficient (Wildman–Crippen LogP) is 3.49. The average Bonchev–Trinajstić information content (AvgIpc) is 2.91. The molecule has 0 unspecified atom stereocenters. The summed E-state index contributed by atoms with van der Waals surface area (Å²) in [5.41, 5.74) is 3.63. The van der Waals surface area contributed by atoms with Gasteiger partial charge in [0.05, 0.1) is 16.6 Å². The van der Waals surface area contributed by atoms with E-state index in [9.17, 15) is 9.59 Å². The standard InChI is InChI=1S/C19H19ClN2O2/c1-12-7-8-15(9-13(12)2)22-11-14(10-18(22)23)21-19(24)16-5-3-4-6-17(16)20/h3-9,14H,10-11H2,1-2H3,(H,21,24)/t14-/m1/s1. The van der Waals surface area contributed by atoms with Gasteiger partial charge >= 0.3 is 0 Å². The molecule has 24 heavy (non-hydrogen) atoms. The summed E-state index contributed by atoms with van der Waals surface area (Å²) in [4.78, 5) is 26.4. The van der Waals surface area contributed by atoms with E-state index in [1.54, 1.807) is 29.2 Å². The van der Waals surface area contributed by atoms with Gasteiger partial charge in [-0.15, -0.1) is 0 Å². The number of anilines is 1. The van der Waals surface area contributed by atoms with E-state index in [1.165, 1.54) is 5.56 Å². The fourth-order valence-electron chi connectivity index (χ4n) is 2.86. The number of amides is 2. The maximum absolute atomic E-state index is 12.3. The van der Waals surface area contributed by atoms with Gasteiger partial charge in [0.2, 0.25) is 5.91 Å². The Balaban J connectivity index is 1.72. The number of carbonyl (C=O) groups excluding carboxylic acids is 2. The third kappa shape index (κ3) is 3.29. The summed E-state index contributed by atoms with van der Waals surface area (Å²) in [7, 11) is 0. The fraction of sp³-hybridized carbons (Fsp3) is 0.263. The number of aryl methyl sites for hydroxylation is 2. The number of nitrogens with zero attached hydrogens (tertiary/aromatic N) is 1. The van der Waals surface area contributed by atoms with Crippen molar-refractivity contribution in [2.24, 2.45) is 0 Å². The first-order chi connectivity index (χ1) is 11.5. The molecule has 1 fully saturated rings. The lowest BCUT2D eigenvalue weighted by atomic mass is 10.1. The molecule has 4 nitrogen and oxygen atoms in total. The molecule has 2 aromatic carbocycles. The zero-order valence-corrected chi connectivity index (χ0v) is 14.4. The van der Waals surface area contributed by atoms with Crippen LogP contribution in [0.5, 0.6) is 0 Å². The summed E-state index contributed by atoms with van der Waals surface area (Å²) in [5, 5.41) is 3.31. The zero-order chi connectivity index (χ0) is 17.3. The van der Waals surface area contributed by atoms with Gasteiger partial charge < -0.3 is 10.2 Å². The van der Waals surface area contributed by atoms with Crippen molar-refractivity contribution in [3.8, 4) is 0 Å². The Labute approximate surface area is 146 Å². The number of carbonyl (C=O) groups is 2. The Hall–Kier alpha value is -2.33. The summed E-state index contributed by atoms with van der Waals surface area (Å²) >= 11 is 6.05. The van der Waals surface area contributed by atoms with Gasteiger partial charge in [0.15, 0.2) is 0 Å². The fourth-order valence-corrected chi connectivity index (χ4v) is 3.08. The lowest BCUT2D eigenvalue weighted by molar-refractivity contribution is -0.117. The molecule has 0 aromatic heterocycles. The minimum atomic E-state index is -0.250. The number of nitrogens with one attached hydrogen (secondary N) is 1. The monoisotopic (exact) mass is 342 g/mol. The first-order valence-electron chi connectivity index (χ1n) is 7.88. The van der Waals surface area contributed by atoms with E-state index in [-0.39, 0.29) is 17.9 Å². The third-order valence-electron chi connectivity index (χ3n) is 4.38. The number of halogens is 1. The third-order valence-corrected chi connectivity index (χ3v) is 4.71. The van der Waals surface area contributed by atoms with Crippen molar-refractivity contribution in [2.75, 3.05) is 11.4 Å². The van der Waals surface area contributed by atoms with E-state index in [4.69, 9.17) is 11.6 Å². The molecule has 0 saturated carbocycles. The van der Waals surface area contributed by atoms with E-state index < -0.39 is 0 Å². The molecular formula is C19H19ClN2O2. The minimum absolute atomic E-state index is 0.0164. The second kappa shape index (κ2) is 6.65. The van der Waals surface area contributed by atoms with Crippen LogP contribution in [0.1, 0.15) is 27.9 Å². The van der Waals surface area contributed by atoms with E-state index >= 15 is 0 Å². The van der Waals surface area contributed by atoms with Crippen LogP contribution in [-0.2, 0) is 4.79 Å². The summed E-state index contributed by atoms with van der Waals surface area (Å²) in [6, 6.07) is 12.6. The molecule has 2 amide bonds. The molecule has 1 atom stereocenters. The molecule has 124 valence electrons. The summed E-state index contributed by atoms with van der Waals surface area (Å²) in [6.45, 7) is 4.53. The van der Waals surface area contributed by atoms with Gasteiger partial charge in [-0.05, 0) is 49.2 Å². The number of hydrogen-bond donors (Lipinski definition) is 1. The number of benzene rings is 2. The Morgan fingerprint density at radius 1 is 1.17 bits per heavy atom. The maximum atomic E-state index is 12.3. The van der Waals surface area contributed by atoms with Crippen LogP contribution in [0.2, 0.25) is 5.02 Å². The van der Waals surface area contributed by atoms with Crippen LogP contribution in [-0.4, -0.2) is 24.4 Å². The summed E-state index contributed by atoms with van der Waals surface area (Å²) in [5.74, 6) is -0.233. The van der Waals surface area contributed by atoms with Crippen LogP contribution in [0.15, 0.2) is 42.5 Å². The summed E-state index contributed by atoms with van der Waals surface area (Å²) < 4.78 is 0.